The number of carbonyl (C=O) groups is 3. The van der Waals surface area contributed by atoms with Crippen molar-refractivity contribution in [2.45, 2.75) is 51.2 Å². The van der Waals surface area contributed by atoms with Crippen LogP contribution in [0.2, 0.25) is 0 Å². The molecule has 0 aromatic heterocycles. The number of carbonyl (C=O) groups excluding carboxylic acids is 3. The van der Waals surface area contributed by atoms with E-state index < -0.39 is 17.5 Å². The Labute approximate surface area is 172 Å². The molecule has 8 heteroatoms. The molecule has 1 aliphatic carbocycles. The van der Waals surface area contributed by atoms with E-state index in [1.807, 2.05) is 6.07 Å². The van der Waals surface area contributed by atoms with E-state index in [4.69, 9.17) is 9.47 Å². The molecule has 1 spiro atoms. The first-order valence-electron chi connectivity index (χ1n) is 9.50. The van der Waals surface area contributed by atoms with Gasteiger partial charge in [-0.1, -0.05) is 29.3 Å². The van der Waals surface area contributed by atoms with Gasteiger partial charge in [0.25, 0.3) is 5.91 Å². The first-order chi connectivity index (χ1) is 13.4. The number of halogens is 1. The van der Waals surface area contributed by atoms with Crippen molar-refractivity contribution in [2.24, 2.45) is 5.92 Å². The summed E-state index contributed by atoms with van der Waals surface area (Å²) in [6, 6.07) is 4.86. The molecule has 0 bridgehead atoms. The summed E-state index contributed by atoms with van der Waals surface area (Å²) in [4.78, 5) is 38.4. The number of nitrogens with zero attached hydrogens (tertiary/aromatic N) is 1. The number of imide groups is 1. The normalized spacial score (nSPS) is 24.4. The van der Waals surface area contributed by atoms with Gasteiger partial charge in [0.1, 0.15) is 24.4 Å². The summed E-state index contributed by atoms with van der Waals surface area (Å²) in [5.41, 5.74) is -0.159. The van der Waals surface area contributed by atoms with Crippen molar-refractivity contribution in [1.82, 2.24) is 10.2 Å². The molecule has 152 valence electrons. The minimum atomic E-state index is -0.851. The van der Waals surface area contributed by atoms with E-state index in [9.17, 15) is 14.4 Å². The second-order valence-corrected chi connectivity index (χ2v) is 8.29. The van der Waals surface area contributed by atoms with Gasteiger partial charge in [0.05, 0.1) is 7.11 Å². The van der Waals surface area contributed by atoms with Gasteiger partial charge in [0, 0.05) is 10.0 Å². The maximum absolute atomic E-state index is 12.9. The quantitative estimate of drug-likeness (QED) is 0.527. The Balaban J connectivity index is 1.59. The zero-order valence-electron chi connectivity index (χ0n) is 16.1. The molecule has 1 aromatic carbocycles. The number of urea groups is 1. The summed E-state index contributed by atoms with van der Waals surface area (Å²) in [5.74, 6) is 0.237. The van der Waals surface area contributed by atoms with E-state index in [0.29, 0.717) is 30.1 Å². The van der Waals surface area contributed by atoms with E-state index in [-0.39, 0.29) is 19.1 Å². The van der Waals surface area contributed by atoms with Gasteiger partial charge < -0.3 is 14.8 Å². The van der Waals surface area contributed by atoms with E-state index in [2.05, 4.69) is 28.2 Å². The lowest BCUT2D eigenvalue weighted by molar-refractivity contribution is -0.149. The number of methoxy groups -OCH3 is 1. The summed E-state index contributed by atoms with van der Waals surface area (Å²) >= 11 is 3.37. The van der Waals surface area contributed by atoms with Crippen LogP contribution in [0, 0.1) is 5.92 Å². The second kappa shape index (κ2) is 8.51. The van der Waals surface area contributed by atoms with Crippen LogP contribution < -0.4 is 10.1 Å². The molecule has 7 nitrogen and oxygen atoms in total. The van der Waals surface area contributed by atoms with Gasteiger partial charge in [-0.25, -0.2) is 4.79 Å². The highest BCUT2D eigenvalue weighted by atomic mass is 79.9. The van der Waals surface area contributed by atoms with Crippen molar-refractivity contribution in [1.29, 1.82) is 0 Å². The number of hydrogen-bond donors (Lipinski definition) is 1. The van der Waals surface area contributed by atoms with Crippen LogP contribution >= 0.6 is 15.9 Å². The molecule has 2 aliphatic rings. The molecule has 1 aliphatic heterocycles. The van der Waals surface area contributed by atoms with Crippen molar-refractivity contribution in [2.75, 3.05) is 13.7 Å². The van der Waals surface area contributed by atoms with Gasteiger partial charge in [0.15, 0.2) is 0 Å². The fraction of sp³-hybridized carbons (Fsp3) is 0.550. The zero-order valence-corrected chi connectivity index (χ0v) is 17.7. The Morgan fingerprint density at radius 1 is 1.32 bits per heavy atom. The smallest absolute Gasteiger partial charge is 0.326 e. The first kappa shape index (κ1) is 20.6. The monoisotopic (exact) mass is 452 g/mol. The molecule has 28 heavy (non-hydrogen) atoms. The number of hydrogen-bond acceptors (Lipinski definition) is 5. The third-order valence-corrected chi connectivity index (χ3v) is 6.19. The Hall–Kier alpha value is -2.09. The second-order valence-electron chi connectivity index (χ2n) is 7.37. The Morgan fingerprint density at radius 3 is 2.68 bits per heavy atom. The SMILES string of the molecule is CCC1CCC2(CC1)NC(=O)N(CC(=O)OCc1cc(Br)ccc1OC)C2=O. The Bertz CT molecular complexity index is 774. The molecule has 1 aromatic rings. The minimum absolute atomic E-state index is 0.00554. The van der Waals surface area contributed by atoms with E-state index in [1.54, 1.807) is 12.1 Å². The van der Waals surface area contributed by atoms with E-state index >= 15 is 0 Å². The van der Waals surface area contributed by atoms with Gasteiger partial charge in [0.2, 0.25) is 0 Å². The molecule has 3 amide bonds. The predicted octanol–water partition coefficient (Wildman–Crippen LogP) is 3.39. The van der Waals surface area contributed by atoms with Gasteiger partial charge in [-0.05, 0) is 49.8 Å². The minimum Gasteiger partial charge on any atom is -0.496 e. The number of ether oxygens (including phenoxy) is 2. The highest BCUT2D eigenvalue weighted by molar-refractivity contribution is 9.10. The van der Waals surface area contributed by atoms with Crippen LogP contribution in [-0.2, 0) is 20.9 Å². The van der Waals surface area contributed by atoms with Crippen LogP contribution in [0.25, 0.3) is 0 Å². The number of esters is 1. The highest BCUT2D eigenvalue weighted by Gasteiger charge is 2.52. The van der Waals surface area contributed by atoms with Crippen molar-refractivity contribution in [3.63, 3.8) is 0 Å². The molecule has 1 heterocycles. The summed E-state index contributed by atoms with van der Waals surface area (Å²) in [5, 5.41) is 2.82. The maximum Gasteiger partial charge on any atom is 0.326 e. The largest absolute Gasteiger partial charge is 0.496 e. The summed E-state index contributed by atoms with van der Waals surface area (Å²) in [7, 11) is 1.54. The molecule has 0 unspecified atom stereocenters. The number of benzene rings is 1. The number of nitrogens with one attached hydrogen (secondary N) is 1. The first-order valence-corrected chi connectivity index (χ1v) is 10.3. The Kier molecular flexibility index (Phi) is 6.27. The van der Waals surface area contributed by atoms with Crippen molar-refractivity contribution < 1.29 is 23.9 Å². The fourth-order valence-electron chi connectivity index (χ4n) is 3.93. The predicted molar refractivity (Wildman–Crippen MR) is 106 cm³/mol. The van der Waals surface area contributed by atoms with Crippen LogP contribution in [0.1, 0.15) is 44.6 Å². The standard InChI is InChI=1S/C20H25BrN2O5/c1-3-13-6-8-20(9-7-13)18(25)23(19(26)22-20)11-17(24)28-12-14-10-15(21)4-5-16(14)27-2/h4-5,10,13H,3,6-9,11-12H2,1-2H3,(H,22,26). The van der Waals surface area contributed by atoms with Gasteiger partial charge in [-0.15, -0.1) is 0 Å². The maximum atomic E-state index is 12.9. The third kappa shape index (κ3) is 4.16. The zero-order chi connectivity index (χ0) is 20.3. The summed E-state index contributed by atoms with van der Waals surface area (Å²) in [6.07, 6.45) is 4.13. The van der Waals surface area contributed by atoms with Crippen LogP contribution in [0.4, 0.5) is 4.79 Å². The molecular formula is C20H25BrN2O5. The van der Waals surface area contributed by atoms with Crippen LogP contribution in [0.15, 0.2) is 22.7 Å². The molecule has 0 atom stereocenters. The summed E-state index contributed by atoms with van der Waals surface area (Å²) in [6.45, 7) is 1.74. The average molecular weight is 453 g/mol. The van der Waals surface area contributed by atoms with Gasteiger partial charge >= 0.3 is 12.0 Å². The van der Waals surface area contributed by atoms with E-state index in [0.717, 1.165) is 28.6 Å². The van der Waals surface area contributed by atoms with E-state index in [1.165, 1.54) is 7.11 Å². The molecular weight excluding hydrogens is 428 g/mol. The lowest BCUT2D eigenvalue weighted by Crippen LogP contribution is -2.49. The van der Waals surface area contributed by atoms with Crippen LogP contribution in [0.3, 0.4) is 0 Å². The highest BCUT2D eigenvalue weighted by Crippen LogP contribution is 2.37. The molecule has 3 rings (SSSR count). The topological polar surface area (TPSA) is 84.9 Å². The summed E-state index contributed by atoms with van der Waals surface area (Å²) < 4.78 is 11.4. The number of amides is 3. The van der Waals surface area contributed by atoms with Crippen molar-refractivity contribution in [3.05, 3.63) is 28.2 Å². The lowest BCUT2D eigenvalue weighted by Gasteiger charge is -2.34. The lowest BCUT2D eigenvalue weighted by atomic mass is 9.75. The molecule has 0 radical (unpaired) electrons. The molecule has 1 N–H and O–H groups in total. The average Bonchev–Trinajstić information content (AvgIpc) is 2.91. The third-order valence-electron chi connectivity index (χ3n) is 5.70. The van der Waals surface area contributed by atoms with Crippen LogP contribution in [-0.4, -0.2) is 42.0 Å². The fourth-order valence-corrected chi connectivity index (χ4v) is 4.34. The van der Waals surface area contributed by atoms with Crippen LogP contribution in [0.5, 0.6) is 5.75 Å². The molecule has 1 saturated heterocycles. The van der Waals surface area contributed by atoms with Crippen molar-refractivity contribution >= 4 is 33.8 Å². The van der Waals surface area contributed by atoms with Crippen molar-refractivity contribution in [3.8, 4) is 5.75 Å². The van der Waals surface area contributed by atoms with Gasteiger partial charge in [-0.2, -0.15) is 0 Å². The number of rotatable bonds is 6. The Morgan fingerprint density at radius 2 is 2.04 bits per heavy atom. The molecule has 2 fully saturated rings. The molecule has 1 saturated carbocycles. The van der Waals surface area contributed by atoms with Gasteiger partial charge in [-0.3, -0.25) is 14.5 Å².